The van der Waals surface area contributed by atoms with E-state index in [1.54, 1.807) is 42.6 Å². The average Bonchev–Trinajstić information content (AvgIpc) is 3.34. The molecular weight excluding hydrogens is 577 g/mol. The average molecular weight is 613 g/mol. The molecule has 1 saturated heterocycles. The van der Waals surface area contributed by atoms with Crippen molar-refractivity contribution in [1.82, 2.24) is 20.5 Å². The van der Waals surface area contributed by atoms with Crippen molar-refractivity contribution in [1.29, 1.82) is 0 Å². The number of benzene rings is 3. The van der Waals surface area contributed by atoms with Crippen molar-refractivity contribution in [3.63, 3.8) is 0 Å². The van der Waals surface area contributed by atoms with Crippen LogP contribution in [0.3, 0.4) is 0 Å². The van der Waals surface area contributed by atoms with Crippen molar-refractivity contribution < 1.29 is 22.8 Å². The standard InChI is InChI=1S/C36H35F3N4O2/c37-36(38,39)42-34(45)35(30-16-6-4-13-27(30)28-14-5-7-17-31(28)35)20-8-9-22-43-23-18-26(19-24-43)41-33(44)29-15-10-21-40-32(29)25-11-2-1-3-12-25/h1-7,10-17,21,26H,8-9,18-20,22-24H2,(H,41,44)(H,42,45). The number of nitrogens with one attached hydrogen (secondary N) is 2. The molecule has 2 N–H and O–H groups in total. The van der Waals surface area contributed by atoms with Gasteiger partial charge in [-0.05, 0) is 66.6 Å². The number of nitrogens with zero attached hydrogens (tertiary/aromatic N) is 2. The van der Waals surface area contributed by atoms with Gasteiger partial charge < -0.3 is 10.2 Å². The van der Waals surface area contributed by atoms with E-state index in [4.69, 9.17) is 0 Å². The molecule has 3 aromatic carbocycles. The molecule has 6 rings (SSSR count). The Morgan fingerprint density at radius 3 is 2.09 bits per heavy atom. The van der Waals surface area contributed by atoms with E-state index in [9.17, 15) is 22.8 Å². The van der Waals surface area contributed by atoms with Gasteiger partial charge in [0.05, 0.1) is 11.3 Å². The van der Waals surface area contributed by atoms with Crippen LogP contribution in [0.4, 0.5) is 13.2 Å². The van der Waals surface area contributed by atoms with Crippen LogP contribution >= 0.6 is 0 Å². The first-order valence-electron chi connectivity index (χ1n) is 15.4. The zero-order valence-electron chi connectivity index (χ0n) is 24.8. The molecule has 0 radical (unpaired) electrons. The maximum Gasteiger partial charge on any atom is 0.484 e. The molecule has 0 unspecified atom stereocenters. The van der Waals surface area contributed by atoms with Crippen LogP contribution < -0.4 is 10.6 Å². The number of hydrogen-bond donors (Lipinski definition) is 2. The summed E-state index contributed by atoms with van der Waals surface area (Å²) in [7, 11) is 0. The molecule has 4 aromatic rings. The number of unbranched alkanes of at least 4 members (excludes halogenated alkanes) is 1. The van der Waals surface area contributed by atoms with E-state index in [0.717, 1.165) is 55.6 Å². The molecule has 2 aliphatic rings. The van der Waals surface area contributed by atoms with Crippen molar-refractivity contribution >= 4 is 11.8 Å². The van der Waals surface area contributed by atoms with Crippen LogP contribution in [0, 0.1) is 0 Å². The SMILES string of the molecule is O=C(NC1CCN(CCCCC2(C(=O)NC(F)(F)F)c3ccccc3-c3ccccc32)CC1)c1cccnc1-c1ccccc1. The molecule has 2 heterocycles. The number of fused-ring (bicyclic) bond motifs is 3. The van der Waals surface area contributed by atoms with Crippen LogP contribution in [-0.2, 0) is 10.2 Å². The third kappa shape index (κ3) is 6.35. The van der Waals surface area contributed by atoms with Crippen molar-refractivity contribution in [2.24, 2.45) is 0 Å². The van der Waals surface area contributed by atoms with Crippen LogP contribution in [0.1, 0.15) is 53.6 Å². The summed E-state index contributed by atoms with van der Waals surface area (Å²) in [5.74, 6) is -1.17. The Morgan fingerprint density at radius 2 is 1.44 bits per heavy atom. The highest BCUT2D eigenvalue weighted by atomic mass is 19.4. The number of piperidine rings is 1. The van der Waals surface area contributed by atoms with E-state index in [0.29, 0.717) is 28.8 Å². The molecule has 0 bridgehead atoms. The molecule has 2 amide bonds. The van der Waals surface area contributed by atoms with Crippen LogP contribution in [0.25, 0.3) is 22.4 Å². The van der Waals surface area contributed by atoms with Gasteiger partial charge in [-0.25, -0.2) is 0 Å². The smallest absolute Gasteiger partial charge is 0.349 e. The Balaban J connectivity index is 1.06. The molecule has 232 valence electrons. The highest BCUT2D eigenvalue weighted by molar-refractivity contribution is 6.01. The quantitative estimate of drug-likeness (QED) is 0.163. The lowest BCUT2D eigenvalue weighted by atomic mass is 9.73. The summed E-state index contributed by atoms with van der Waals surface area (Å²) in [4.78, 5) is 33.4. The second-order valence-corrected chi connectivity index (χ2v) is 11.8. The highest BCUT2D eigenvalue weighted by Crippen LogP contribution is 2.51. The third-order valence-corrected chi connectivity index (χ3v) is 9.01. The Labute approximate surface area is 260 Å². The first-order chi connectivity index (χ1) is 21.8. The summed E-state index contributed by atoms with van der Waals surface area (Å²) in [6, 6.07) is 27.8. The molecule has 0 atom stereocenters. The number of likely N-dealkylation sites (tertiary alicyclic amines) is 1. The summed E-state index contributed by atoms with van der Waals surface area (Å²) < 4.78 is 40.3. The minimum atomic E-state index is -4.82. The largest absolute Gasteiger partial charge is 0.484 e. The fraction of sp³-hybridized carbons (Fsp3) is 0.306. The van der Waals surface area contributed by atoms with Gasteiger partial charge in [0.25, 0.3) is 5.91 Å². The third-order valence-electron chi connectivity index (χ3n) is 9.01. The molecule has 0 spiro atoms. The predicted octanol–water partition coefficient (Wildman–Crippen LogP) is 6.72. The molecule has 1 aliphatic carbocycles. The van der Waals surface area contributed by atoms with E-state index in [1.807, 2.05) is 54.6 Å². The normalized spacial score (nSPS) is 16.1. The van der Waals surface area contributed by atoms with Gasteiger partial charge in [-0.3, -0.25) is 19.9 Å². The van der Waals surface area contributed by atoms with Gasteiger partial charge in [-0.2, -0.15) is 13.2 Å². The van der Waals surface area contributed by atoms with Crippen molar-refractivity contribution in [2.45, 2.75) is 49.9 Å². The Hall–Kier alpha value is -4.50. The number of carbonyl (C=O) groups is 2. The fourth-order valence-electron chi connectivity index (χ4n) is 6.89. The molecule has 6 nitrogen and oxygen atoms in total. The van der Waals surface area contributed by atoms with E-state index < -0.39 is 17.6 Å². The number of aromatic nitrogens is 1. The number of rotatable bonds is 9. The van der Waals surface area contributed by atoms with E-state index in [2.05, 4.69) is 15.2 Å². The van der Waals surface area contributed by atoms with E-state index in [-0.39, 0.29) is 18.4 Å². The summed E-state index contributed by atoms with van der Waals surface area (Å²) in [6.07, 6.45) is 0.0380. The Kier molecular flexibility index (Phi) is 8.72. The predicted molar refractivity (Wildman–Crippen MR) is 167 cm³/mol. The van der Waals surface area contributed by atoms with Crippen LogP contribution in [0.5, 0.6) is 0 Å². The highest BCUT2D eigenvalue weighted by Gasteiger charge is 2.51. The van der Waals surface area contributed by atoms with Crippen molar-refractivity contribution in [3.8, 4) is 22.4 Å². The van der Waals surface area contributed by atoms with E-state index >= 15 is 0 Å². The first kappa shape index (κ1) is 30.5. The first-order valence-corrected chi connectivity index (χ1v) is 15.4. The number of halogens is 3. The zero-order valence-corrected chi connectivity index (χ0v) is 24.8. The number of carbonyl (C=O) groups excluding carboxylic acids is 2. The van der Waals surface area contributed by atoms with Crippen LogP contribution in [0.15, 0.2) is 97.2 Å². The lowest BCUT2D eigenvalue weighted by molar-refractivity contribution is -0.172. The molecule has 1 aliphatic heterocycles. The Bertz CT molecular complexity index is 1620. The van der Waals surface area contributed by atoms with Gasteiger partial charge in [0, 0.05) is 30.9 Å². The van der Waals surface area contributed by atoms with Gasteiger partial charge in [-0.1, -0.05) is 85.3 Å². The molecular formula is C36H35F3N4O2. The summed E-state index contributed by atoms with van der Waals surface area (Å²) in [5, 5.41) is 4.51. The number of pyridine rings is 1. The minimum absolute atomic E-state index is 0.0402. The second kappa shape index (κ2) is 12.9. The van der Waals surface area contributed by atoms with E-state index in [1.165, 1.54) is 5.32 Å². The summed E-state index contributed by atoms with van der Waals surface area (Å²) in [5.41, 5.74) is 3.52. The molecule has 9 heteroatoms. The molecule has 0 saturated carbocycles. The minimum Gasteiger partial charge on any atom is -0.349 e. The summed E-state index contributed by atoms with van der Waals surface area (Å²) >= 11 is 0. The Morgan fingerprint density at radius 1 is 0.822 bits per heavy atom. The van der Waals surface area contributed by atoms with Crippen molar-refractivity contribution in [3.05, 3.63) is 114 Å². The molecule has 1 aromatic heterocycles. The van der Waals surface area contributed by atoms with Gasteiger partial charge in [0.2, 0.25) is 5.91 Å². The molecule has 1 fully saturated rings. The maximum absolute atomic E-state index is 13.5. The van der Waals surface area contributed by atoms with Gasteiger partial charge in [0.15, 0.2) is 0 Å². The van der Waals surface area contributed by atoms with Crippen molar-refractivity contribution in [2.75, 3.05) is 19.6 Å². The topological polar surface area (TPSA) is 74.3 Å². The fourth-order valence-corrected chi connectivity index (χ4v) is 6.89. The zero-order chi connectivity index (χ0) is 31.4. The number of amides is 2. The monoisotopic (exact) mass is 612 g/mol. The van der Waals surface area contributed by atoms with Crippen LogP contribution in [-0.4, -0.2) is 53.7 Å². The van der Waals surface area contributed by atoms with Gasteiger partial charge in [0.1, 0.15) is 5.41 Å². The van der Waals surface area contributed by atoms with Gasteiger partial charge >= 0.3 is 6.30 Å². The summed E-state index contributed by atoms with van der Waals surface area (Å²) in [6.45, 7) is 2.37. The molecule has 45 heavy (non-hydrogen) atoms. The number of hydrogen-bond acceptors (Lipinski definition) is 4. The maximum atomic E-state index is 13.5. The van der Waals surface area contributed by atoms with Crippen LogP contribution in [0.2, 0.25) is 0 Å². The second-order valence-electron chi connectivity index (χ2n) is 11.8. The lowest BCUT2D eigenvalue weighted by Crippen LogP contribution is -2.49. The number of alkyl halides is 3. The van der Waals surface area contributed by atoms with Gasteiger partial charge in [-0.15, -0.1) is 0 Å². The lowest BCUT2D eigenvalue weighted by Gasteiger charge is -2.33.